The number of carbonyl (C=O) groups is 3. The Morgan fingerprint density at radius 1 is 0.692 bits per heavy atom. The highest BCUT2D eigenvalue weighted by Gasteiger charge is 2.19. The quantitative estimate of drug-likeness (QED) is 0.426. The monoisotopic (exact) mass is 366 g/mol. The van der Waals surface area contributed by atoms with Crippen LogP contribution < -0.4 is 5.73 Å². The molecule has 4 unspecified atom stereocenters. The molecule has 0 aliphatic heterocycles. The molecule has 0 bridgehead atoms. The normalized spacial score (nSPS) is 15.8. The zero-order chi connectivity index (χ0) is 20.3. The van der Waals surface area contributed by atoms with E-state index in [0.29, 0.717) is 50.7 Å². The number of carbonyl (C=O) groups excluding carboxylic acids is 3. The first-order valence-electron chi connectivity index (χ1n) is 9.90. The molecule has 150 valence electrons. The number of hydrogen-bond donors (Lipinski definition) is 2. The third-order valence-electron chi connectivity index (χ3n) is 4.45. The predicted molar refractivity (Wildman–Crippen MR) is 106 cm³/mol. The van der Waals surface area contributed by atoms with Gasteiger partial charge in [0.05, 0.1) is 0 Å². The number of hydrogen-bond acceptors (Lipinski definition) is 5. The van der Waals surface area contributed by atoms with E-state index < -0.39 is 0 Å². The van der Waals surface area contributed by atoms with E-state index in [-0.39, 0.29) is 41.1 Å². The molecule has 5 heteroatoms. The van der Waals surface area contributed by atoms with Crippen LogP contribution in [-0.4, -0.2) is 29.1 Å². The number of Topliss-reactive ketones (excluding diaryl/α,β-unsaturated/α-hetero) is 3. The molecule has 26 heavy (non-hydrogen) atoms. The highest BCUT2D eigenvalue weighted by Crippen LogP contribution is 2.19. The van der Waals surface area contributed by atoms with Crippen LogP contribution in [-0.2, 0) is 14.4 Å². The molecular formula is C21H38N2O3. The third-order valence-corrected chi connectivity index (χ3v) is 4.45. The summed E-state index contributed by atoms with van der Waals surface area (Å²) in [5.41, 5.74) is 6.30. The van der Waals surface area contributed by atoms with Crippen LogP contribution in [0.1, 0.15) is 86.0 Å². The zero-order valence-corrected chi connectivity index (χ0v) is 17.3. The first kappa shape index (κ1) is 24.6. The van der Waals surface area contributed by atoms with Gasteiger partial charge < -0.3 is 11.1 Å². The van der Waals surface area contributed by atoms with E-state index >= 15 is 0 Å². The standard InChI is InChI=1S/C21H38N2O3/c1-6-18(23)7-14(2)8-19(24)9-15(3)10-20(25)11-16(4)12-21(26)13-17(5)22/h14-17,23H,6-13,22H2,1-5H3. The van der Waals surface area contributed by atoms with Crippen LogP contribution in [0.15, 0.2) is 0 Å². The number of rotatable bonds is 15. The SMILES string of the molecule is CCC(=N)CC(C)CC(=O)CC(C)CC(=O)CC(C)CC(=O)CC(C)N. The van der Waals surface area contributed by atoms with Gasteiger partial charge in [0.15, 0.2) is 0 Å². The molecule has 0 radical (unpaired) electrons. The largest absolute Gasteiger partial charge is 0.328 e. The van der Waals surface area contributed by atoms with E-state index in [2.05, 4.69) is 0 Å². The molecule has 0 fully saturated rings. The van der Waals surface area contributed by atoms with Crippen LogP contribution in [0.2, 0.25) is 0 Å². The summed E-state index contributed by atoms with van der Waals surface area (Å²) in [4.78, 5) is 36.1. The fraction of sp³-hybridized carbons (Fsp3) is 0.810. The van der Waals surface area contributed by atoms with Gasteiger partial charge in [-0.1, -0.05) is 27.7 Å². The van der Waals surface area contributed by atoms with Crippen LogP contribution in [0.4, 0.5) is 0 Å². The minimum Gasteiger partial charge on any atom is -0.328 e. The van der Waals surface area contributed by atoms with Crippen molar-refractivity contribution in [1.29, 1.82) is 5.41 Å². The lowest BCUT2D eigenvalue weighted by molar-refractivity contribution is -0.122. The molecule has 0 saturated carbocycles. The molecule has 0 rings (SSSR count). The Morgan fingerprint density at radius 2 is 1.00 bits per heavy atom. The lowest BCUT2D eigenvalue weighted by Gasteiger charge is -2.15. The van der Waals surface area contributed by atoms with Crippen molar-refractivity contribution < 1.29 is 14.4 Å². The molecule has 0 aromatic carbocycles. The van der Waals surface area contributed by atoms with Crippen molar-refractivity contribution in [2.24, 2.45) is 23.5 Å². The summed E-state index contributed by atoms with van der Waals surface area (Å²) in [6, 6.07) is -0.139. The Hall–Kier alpha value is -1.36. The lowest BCUT2D eigenvalue weighted by atomic mass is 9.89. The summed E-state index contributed by atoms with van der Waals surface area (Å²) < 4.78 is 0. The van der Waals surface area contributed by atoms with Gasteiger partial charge in [-0.3, -0.25) is 14.4 Å². The van der Waals surface area contributed by atoms with Gasteiger partial charge in [-0.25, -0.2) is 0 Å². The molecule has 3 N–H and O–H groups in total. The molecule has 5 nitrogen and oxygen atoms in total. The summed E-state index contributed by atoms with van der Waals surface area (Å²) in [5.74, 6) is 0.634. The van der Waals surface area contributed by atoms with Crippen molar-refractivity contribution in [3.8, 4) is 0 Å². The smallest absolute Gasteiger partial charge is 0.134 e. The predicted octanol–water partition coefficient (Wildman–Crippen LogP) is 4.11. The maximum absolute atomic E-state index is 12.2. The molecule has 0 amide bonds. The van der Waals surface area contributed by atoms with Gasteiger partial charge in [-0.15, -0.1) is 0 Å². The Morgan fingerprint density at radius 3 is 1.31 bits per heavy atom. The van der Waals surface area contributed by atoms with Crippen molar-refractivity contribution in [2.75, 3.05) is 0 Å². The maximum Gasteiger partial charge on any atom is 0.134 e. The Kier molecular flexibility index (Phi) is 12.2. The summed E-state index contributed by atoms with van der Waals surface area (Å²) in [5, 5.41) is 7.71. The molecule has 0 aliphatic carbocycles. The molecule has 0 spiro atoms. The highest BCUT2D eigenvalue weighted by atomic mass is 16.1. The van der Waals surface area contributed by atoms with Gasteiger partial charge in [0, 0.05) is 50.3 Å². The Labute approximate surface area is 159 Å². The minimum atomic E-state index is -0.139. The Balaban J connectivity index is 4.15. The molecule has 0 heterocycles. The number of nitrogens with two attached hydrogens (primary N) is 1. The third kappa shape index (κ3) is 12.9. The topological polar surface area (TPSA) is 101 Å². The van der Waals surface area contributed by atoms with Crippen LogP contribution in [0.5, 0.6) is 0 Å². The molecule has 0 aliphatic rings. The van der Waals surface area contributed by atoms with Gasteiger partial charge >= 0.3 is 0 Å². The molecule has 0 saturated heterocycles. The second-order valence-electron chi connectivity index (χ2n) is 8.29. The lowest BCUT2D eigenvalue weighted by Crippen LogP contribution is -2.21. The van der Waals surface area contributed by atoms with E-state index in [1.54, 1.807) is 6.92 Å². The van der Waals surface area contributed by atoms with Crippen LogP contribution in [0.25, 0.3) is 0 Å². The van der Waals surface area contributed by atoms with Crippen LogP contribution in [0.3, 0.4) is 0 Å². The first-order chi connectivity index (χ1) is 12.0. The molecule has 4 atom stereocenters. The van der Waals surface area contributed by atoms with Gasteiger partial charge in [0.2, 0.25) is 0 Å². The van der Waals surface area contributed by atoms with Gasteiger partial charge in [-0.05, 0) is 37.5 Å². The summed E-state index contributed by atoms with van der Waals surface area (Å²) >= 11 is 0. The van der Waals surface area contributed by atoms with Gasteiger partial charge in [0.1, 0.15) is 17.3 Å². The van der Waals surface area contributed by atoms with Gasteiger partial charge in [0.25, 0.3) is 0 Å². The Bertz CT molecular complexity index is 486. The average Bonchev–Trinajstić information content (AvgIpc) is 2.44. The summed E-state index contributed by atoms with van der Waals surface area (Å²) in [6.07, 6.45) is 3.80. The van der Waals surface area contributed by atoms with E-state index in [0.717, 1.165) is 6.42 Å². The first-order valence-corrected chi connectivity index (χ1v) is 9.90. The van der Waals surface area contributed by atoms with Crippen molar-refractivity contribution in [2.45, 2.75) is 92.0 Å². The van der Waals surface area contributed by atoms with Crippen LogP contribution in [0, 0.1) is 23.2 Å². The highest BCUT2D eigenvalue weighted by molar-refractivity contribution is 5.84. The average molecular weight is 367 g/mol. The summed E-state index contributed by atoms with van der Waals surface area (Å²) in [6.45, 7) is 9.60. The maximum atomic E-state index is 12.2. The molecule has 0 aromatic rings. The fourth-order valence-corrected chi connectivity index (χ4v) is 3.33. The second kappa shape index (κ2) is 12.9. The number of ketones is 3. The van der Waals surface area contributed by atoms with E-state index in [4.69, 9.17) is 11.1 Å². The summed E-state index contributed by atoms with van der Waals surface area (Å²) in [7, 11) is 0. The van der Waals surface area contributed by atoms with Crippen molar-refractivity contribution in [1.82, 2.24) is 0 Å². The number of nitrogens with one attached hydrogen (secondary N) is 1. The van der Waals surface area contributed by atoms with E-state index in [1.807, 2.05) is 27.7 Å². The fourth-order valence-electron chi connectivity index (χ4n) is 3.33. The van der Waals surface area contributed by atoms with Crippen molar-refractivity contribution in [3.05, 3.63) is 0 Å². The van der Waals surface area contributed by atoms with E-state index in [1.165, 1.54) is 0 Å². The minimum absolute atomic E-state index is 0.0247. The zero-order valence-electron chi connectivity index (χ0n) is 17.3. The molecule has 0 aromatic heterocycles. The van der Waals surface area contributed by atoms with Crippen LogP contribution >= 0.6 is 0 Å². The van der Waals surface area contributed by atoms with Crippen molar-refractivity contribution >= 4 is 23.1 Å². The van der Waals surface area contributed by atoms with Crippen molar-refractivity contribution in [3.63, 3.8) is 0 Å². The second-order valence-corrected chi connectivity index (χ2v) is 8.29. The molecular weight excluding hydrogens is 328 g/mol. The van der Waals surface area contributed by atoms with E-state index in [9.17, 15) is 14.4 Å². The van der Waals surface area contributed by atoms with Gasteiger partial charge in [-0.2, -0.15) is 0 Å².